The Labute approximate surface area is 176 Å². The molecule has 1 N–H and O–H groups in total. The van der Waals surface area contributed by atoms with E-state index in [0.717, 1.165) is 36.0 Å². The summed E-state index contributed by atoms with van der Waals surface area (Å²) in [5.41, 5.74) is 4.04. The Morgan fingerprint density at radius 3 is 2.69 bits per heavy atom. The zero-order valence-electron chi connectivity index (χ0n) is 17.4. The summed E-state index contributed by atoms with van der Waals surface area (Å²) in [7, 11) is 5.24. The number of nitriles is 1. The molecule has 6 nitrogen and oxygen atoms in total. The molecule has 0 radical (unpaired) electrons. The molecule has 0 saturated carbocycles. The van der Waals surface area contributed by atoms with E-state index in [1.807, 2.05) is 26.1 Å². The molecule has 0 fully saturated rings. The molecule has 1 amide bonds. The Balaban J connectivity index is 1.57. The van der Waals surface area contributed by atoms with E-state index in [-0.39, 0.29) is 5.91 Å². The summed E-state index contributed by atoms with van der Waals surface area (Å²) in [5.74, 6) is 1.36. The molecule has 154 valence electrons. The van der Waals surface area contributed by atoms with Gasteiger partial charge in [-0.3, -0.25) is 4.79 Å². The van der Waals surface area contributed by atoms with E-state index in [2.05, 4.69) is 16.3 Å². The summed E-state index contributed by atoms with van der Waals surface area (Å²) in [6.07, 6.45) is 3.43. The predicted molar refractivity (Wildman–Crippen MR) is 115 cm³/mol. The van der Waals surface area contributed by atoms with Crippen LogP contribution in [0.15, 0.2) is 12.1 Å². The molecule has 1 aliphatic rings. The van der Waals surface area contributed by atoms with E-state index in [1.165, 1.54) is 4.88 Å². The fourth-order valence-electron chi connectivity index (χ4n) is 3.66. The monoisotopic (exact) mass is 413 g/mol. The Bertz CT molecular complexity index is 946. The normalized spacial score (nSPS) is 12.6. The van der Waals surface area contributed by atoms with Gasteiger partial charge in [-0.05, 0) is 62.1 Å². The molecule has 0 unspecified atom stereocenters. The lowest BCUT2D eigenvalue weighted by atomic mass is 10.1. The second-order valence-corrected chi connectivity index (χ2v) is 8.45. The SMILES string of the molecule is COc1cc(C)c(CN(C)CCC(=O)Nc2sc3c(c2C#N)CCC3)cc1OC. The number of carbonyl (C=O) groups excluding carboxylic acids is 1. The van der Waals surface area contributed by atoms with Gasteiger partial charge in [-0.1, -0.05) is 0 Å². The van der Waals surface area contributed by atoms with Crippen LogP contribution in [0.5, 0.6) is 11.5 Å². The number of hydrogen-bond donors (Lipinski definition) is 1. The number of carbonyl (C=O) groups is 1. The maximum Gasteiger partial charge on any atom is 0.226 e. The van der Waals surface area contributed by atoms with Crippen LogP contribution in [0, 0.1) is 18.3 Å². The summed E-state index contributed by atoms with van der Waals surface area (Å²) < 4.78 is 10.7. The molecule has 0 bridgehead atoms. The summed E-state index contributed by atoms with van der Waals surface area (Å²) in [4.78, 5) is 15.8. The Morgan fingerprint density at radius 1 is 1.28 bits per heavy atom. The average Bonchev–Trinajstić information content (AvgIpc) is 3.28. The van der Waals surface area contributed by atoms with Crippen molar-refractivity contribution in [3.8, 4) is 17.6 Å². The van der Waals surface area contributed by atoms with Crippen molar-refractivity contribution >= 4 is 22.2 Å². The minimum Gasteiger partial charge on any atom is -0.493 e. The molecule has 0 aliphatic heterocycles. The molecule has 1 heterocycles. The van der Waals surface area contributed by atoms with Crippen LogP contribution >= 0.6 is 11.3 Å². The lowest BCUT2D eigenvalue weighted by molar-refractivity contribution is -0.116. The molecule has 29 heavy (non-hydrogen) atoms. The third kappa shape index (κ3) is 4.72. The minimum absolute atomic E-state index is 0.0580. The number of methoxy groups -OCH3 is 2. The number of aryl methyl sites for hydroxylation is 2. The number of nitrogens with one attached hydrogen (secondary N) is 1. The summed E-state index contributed by atoms with van der Waals surface area (Å²) >= 11 is 1.55. The highest BCUT2D eigenvalue weighted by atomic mass is 32.1. The van der Waals surface area contributed by atoms with Crippen molar-refractivity contribution in [3.05, 3.63) is 39.3 Å². The van der Waals surface area contributed by atoms with E-state index in [4.69, 9.17) is 9.47 Å². The number of fused-ring (bicyclic) bond motifs is 1. The number of amides is 1. The molecule has 3 rings (SSSR count). The van der Waals surface area contributed by atoms with Gasteiger partial charge in [0.15, 0.2) is 11.5 Å². The standard InChI is InChI=1S/C22H27N3O3S/c1-14-10-18(27-3)19(28-4)11-15(14)13-25(2)9-8-21(26)24-22-17(12-23)16-6-5-7-20(16)29-22/h10-11H,5-9,13H2,1-4H3,(H,24,26). The van der Waals surface area contributed by atoms with E-state index < -0.39 is 0 Å². The first-order valence-corrected chi connectivity index (χ1v) is 10.5. The Hall–Kier alpha value is -2.56. The van der Waals surface area contributed by atoms with Crippen molar-refractivity contribution in [2.75, 3.05) is 33.1 Å². The second-order valence-electron chi connectivity index (χ2n) is 7.34. The van der Waals surface area contributed by atoms with Crippen molar-refractivity contribution in [2.45, 2.75) is 39.2 Å². The van der Waals surface area contributed by atoms with E-state index >= 15 is 0 Å². The molecule has 1 aromatic carbocycles. The summed E-state index contributed by atoms with van der Waals surface area (Å²) in [6.45, 7) is 3.36. The van der Waals surface area contributed by atoms with Crippen molar-refractivity contribution in [3.63, 3.8) is 0 Å². The highest BCUT2D eigenvalue weighted by Gasteiger charge is 2.23. The zero-order valence-corrected chi connectivity index (χ0v) is 18.2. The van der Waals surface area contributed by atoms with Gasteiger partial charge in [-0.2, -0.15) is 5.26 Å². The van der Waals surface area contributed by atoms with Gasteiger partial charge in [0.2, 0.25) is 5.91 Å². The number of nitrogens with zero attached hydrogens (tertiary/aromatic N) is 2. The molecule has 0 atom stereocenters. The van der Waals surface area contributed by atoms with Crippen LogP contribution in [0.2, 0.25) is 0 Å². The highest BCUT2D eigenvalue weighted by molar-refractivity contribution is 7.16. The fraction of sp³-hybridized carbons (Fsp3) is 0.455. The average molecular weight is 414 g/mol. The van der Waals surface area contributed by atoms with Crippen LogP contribution in [0.1, 0.15) is 40.0 Å². The Morgan fingerprint density at radius 2 is 2.00 bits per heavy atom. The lowest BCUT2D eigenvalue weighted by Gasteiger charge is -2.19. The third-order valence-electron chi connectivity index (χ3n) is 5.29. The number of hydrogen-bond acceptors (Lipinski definition) is 6. The summed E-state index contributed by atoms with van der Waals surface area (Å²) in [5, 5.41) is 13.1. The topological polar surface area (TPSA) is 74.6 Å². The van der Waals surface area contributed by atoms with Crippen LogP contribution in [0.4, 0.5) is 5.00 Å². The molecule has 1 aromatic heterocycles. The predicted octanol–water partition coefficient (Wildman–Crippen LogP) is 3.89. The molecule has 7 heteroatoms. The zero-order chi connectivity index (χ0) is 21.0. The number of ether oxygens (including phenoxy) is 2. The molecule has 0 saturated heterocycles. The maximum atomic E-state index is 12.4. The first-order chi connectivity index (χ1) is 14.0. The number of benzene rings is 1. The van der Waals surface area contributed by atoms with Gasteiger partial charge in [0.25, 0.3) is 0 Å². The van der Waals surface area contributed by atoms with Crippen molar-refractivity contribution in [1.29, 1.82) is 5.26 Å². The molecule has 0 spiro atoms. The molecule has 2 aromatic rings. The molecule has 1 aliphatic carbocycles. The number of rotatable bonds is 8. The van der Waals surface area contributed by atoms with Crippen LogP contribution in [0.3, 0.4) is 0 Å². The van der Waals surface area contributed by atoms with Crippen LogP contribution in [-0.2, 0) is 24.2 Å². The number of thiophene rings is 1. The van der Waals surface area contributed by atoms with Crippen molar-refractivity contribution in [1.82, 2.24) is 4.90 Å². The van der Waals surface area contributed by atoms with Gasteiger partial charge >= 0.3 is 0 Å². The molecular weight excluding hydrogens is 386 g/mol. The lowest BCUT2D eigenvalue weighted by Crippen LogP contribution is -2.24. The first kappa shape index (κ1) is 21.2. The fourth-order valence-corrected chi connectivity index (χ4v) is 4.91. The maximum absolute atomic E-state index is 12.4. The quantitative estimate of drug-likeness (QED) is 0.711. The van der Waals surface area contributed by atoms with Gasteiger partial charge in [-0.15, -0.1) is 11.3 Å². The molecular formula is C22H27N3O3S. The smallest absolute Gasteiger partial charge is 0.226 e. The number of anilines is 1. The van der Waals surface area contributed by atoms with E-state index in [0.29, 0.717) is 41.6 Å². The largest absolute Gasteiger partial charge is 0.493 e. The first-order valence-electron chi connectivity index (χ1n) is 9.71. The van der Waals surface area contributed by atoms with Gasteiger partial charge in [0, 0.05) is 24.4 Å². The van der Waals surface area contributed by atoms with E-state index in [9.17, 15) is 10.1 Å². The summed E-state index contributed by atoms with van der Waals surface area (Å²) in [6, 6.07) is 6.22. The minimum atomic E-state index is -0.0580. The third-order valence-corrected chi connectivity index (χ3v) is 6.50. The van der Waals surface area contributed by atoms with E-state index in [1.54, 1.807) is 25.6 Å². The van der Waals surface area contributed by atoms with Gasteiger partial charge in [0.05, 0.1) is 19.8 Å². The second kappa shape index (κ2) is 9.29. The van der Waals surface area contributed by atoms with Crippen LogP contribution in [-0.4, -0.2) is 38.6 Å². The van der Waals surface area contributed by atoms with Gasteiger partial charge in [-0.25, -0.2) is 0 Å². The van der Waals surface area contributed by atoms with Gasteiger partial charge < -0.3 is 19.7 Å². The van der Waals surface area contributed by atoms with Crippen LogP contribution < -0.4 is 14.8 Å². The van der Waals surface area contributed by atoms with Gasteiger partial charge in [0.1, 0.15) is 11.1 Å². The highest BCUT2D eigenvalue weighted by Crippen LogP contribution is 2.38. The van der Waals surface area contributed by atoms with Crippen LogP contribution in [0.25, 0.3) is 0 Å². The Kier molecular flexibility index (Phi) is 6.78. The van der Waals surface area contributed by atoms with Crippen molar-refractivity contribution < 1.29 is 14.3 Å². The van der Waals surface area contributed by atoms with Crippen molar-refractivity contribution in [2.24, 2.45) is 0 Å².